The number of benzene rings is 8. The molecular formula is C64H52BN3OS. The summed E-state index contributed by atoms with van der Waals surface area (Å²) in [6.07, 6.45) is 2.42. The van der Waals surface area contributed by atoms with Gasteiger partial charge < -0.3 is 13.8 Å². The Balaban J connectivity index is 1.09. The van der Waals surface area contributed by atoms with Crippen LogP contribution >= 0.6 is 11.3 Å². The number of furan rings is 1. The van der Waals surface area contributed by atoms with E-state index >= 15 is 0 Å². The predicted octanol–water partition coefficient (Wildman–Crippen LogP) is 16.9. The van der Waals surface area contributed by atoms with Gasteiger partial charge in [-0.15, -0.1) is 11.3 Å². The molecule has 0 unspecified atom stereocenters. The highest BCUT2D eigenvalue weighted by Gasteiger charge is 2.46. The van der Waals surface area contributed by atoms with Crippen molar-refractivity contribution in [3.8, 4) is 44.5 Å². The molecule has 3 aromatic heterocycles. The van der Waals surface area contributed by atoms with Crippen molar-refractivity contribution in [3.63, 3.8) is 0 Å². The average molecular weight is 922 g/mol. The Bertz CT molecular complexity index is 3780. The first-order valence-electron chi connectivity index (χ1n) is 24.4. The SMILES string of the molecule is CC(C)(C)c1ccc(-c2cc3n(c2)B2c4sc(C(C)(C)C)cc4N(c4ccc(-c5ccccc5)cc4)c4cc(-c5ccc6oc7ccccc7c6c5)cc(c42)N3c2ccc(-c3ccccc3)cc2)cc1. The van der Waals surface area contributed by atoms with Crippen molar-refractivity contribution in [3.05, 3.63) is 217 Å². The highest BCUT2D eigenvalue weighted by molar-refractivity contribution is 7.26. The first-order valence-corrected chi connectivity index (χ1v) is 25.2. The second-order valence-electron chi connectivity index (χ2n) is 21.1. The number of hydrogen-bond acceptors (Lipinski definition) is 4. The lowest BCUT2D eigenvalue weighted by molar-refractivity contribution is 0.590. The molecule has 0 aliphatic carbocycles. The van der Waals surface area contributed by atoms with Crippen LogP contribution in [0.1, 0.15) is 52.0 Å². The molecule has 0 bridgehead atoms. The maximum atomic E-state index is 6.39. The molecule has 0 fully saturated rings. The molecule has 6 heteroatoms. The van der Waals surface area contributed by atoms with Gasteiger partial charge in [-0.05, 0) is 128 Å². The predicted molar refractivity (Wildman–Crippen MR) is 299 cm³/mol. The Labute approximate surface area is 414 Å². The van der Waals surface area contributed by atoms with Crippen molar-refractivity contribution in [2.24, 2.45) is 0 Å². The molecule has 338 valence electrons. The molecule has 0 amide bonds. The van der Waals surface area contributed by atoms with E-state index in [1.54, 1.807) is 0 Å². The second-order valence-corrected chi connectivity index (χ2v) is 22.2. The summed E-state index contributed by atoms with van der Waals surface area (Å²) in [4.78, 5) is 6.44. The fourth-order valence-corrected chi connectivity index (χ4v) is 12.0. The number of para-hydroxylation sites is 1. The zero-order valence-corrected chi connectivity index (χ0v) is 41.2. The fraction of sp³-hybridized carbons (Fsp3) is 0.125. The molecule has 8 aromatic carbocycles. The minimum Gasteiger partial charge on any atom is -0.456 e. The molecule has 0 spiro atoms. The topological polar surface area (TPSA) is 24.6 Å². The smallest absolute Gasteiger partial charge is 0.345 e. The van der Waals surface area contributed by atoms with E-state index in [-0.39, 0.29) is 17.7 Å². The zero-order valence-electron chi connectivity index (χ0n) is 40.4. The van der Waals surface area contributed by atoms with E-state index in [4.69, 9.17) is 4.42 Å². The maximum Gasteiger partial charge on any atom is 0.345 e. The van der Waals surface area contributed by atoms with Gasteiger partial charge in [-0.25, -0.2) is 0 Å². The van der Waals surface area contributed by atoms with Crippen LogP contribution in [-0.4, -0.2) is 11.3 Å². The van der Waals surface area contributed by atoms with E-state index in [1.807, 2.05) is 17.4 Å². The number of fused-ring (bicyclic) bond motifs is 7. The van der Waals surface area contributed by atoms with Gasteiger partial charge in [-0.3, -0.25) is 4.90 Å². The van der Waals surface area contributed by atoms with Crippen LogP contribution in [0.5, 0.6) is 0 Å². The van der Waals surface area contributed by atoms with E-state index in [1.165, 1.54) is 71.1 Å². The van der Waals surface area contributed by atoms with Crippen molar-refractivity contribution in [2.75, 3.05) is 9.80 Å². The monoisotopic (exact) mass is 921 g/mol. The molecule has 0 radical (unpaired) electrons. The molecular weight excluding hydrogens is 870 g/mol. The van der Waals surface area contributed by atoms with Crippen molar-refractivity contribution in [2.45, 2.75) is 52.4 Å². The van der Waals surface area contributed by atoms with Gasteiger partial charge in [0, 0.05) is 54.9 Å². The van der Waals surface area contributed by atoms with Crippen LogP contribution in [0.25, 0.3) is 66.4 Å². The Morgan fingerprint density at radius 1 is 0.414 bits per heavy atom. The number of hydrogen-bond donors (Lipinski definition) is 0. The lowest BCUT2D eigenvalue weighted by Gasteiger charge is -2.43. The van der Waals surface area contributed by atoms with E-state index in [0.717, 1.165) is 50.3 Å². The summed E-state index contributed by atoms with van der Waals surface area (Å²) in [5.41, 5.74) is 19.7. The van der Waals surface area contributed by atoms with Gasteiger partial charge in [0.15, 0.2) is 0 Å². The van der Waals surface area contributed by atoms with E-state index in [0.29, 0.717) is 0 Å². The summed E-state index contributed by atoms with van der Waals surface area (Å²) in [5, 5.41) is 2.24. The quantitative estimate of drug-likeness (QED) is 0.155. The fourth-order valence-electron chi connectivity index (χ4n) is 10.7. The van der Waals surface area contributed by atoms with E-state index < -0.39 is 0 Å². The molecule has 13 rings (SSSR count). The summed E-state index contributed by atoms with van der Waals surface area (Å²) < 4.78 is 10.3. The largest absolute Gasteiger partial charge is 0.456 e. The van der Waals surface area contributed by atoms with Crippen LogP contribution in [0.15, 0.2) is 211 Å². The lowest BCUT2D eigenvalue weighted by Crippen LogP contribution is -2.57. The van der Waals surface area contributed by atoms with Gasteiger partial charge in [0.25, 0.3) is 0 Å². The molecule has 2 aliphatic rings. The third-order valence-corrected chi connectivity index (χ3v) is 16.1. The number of anilines is 6. The Morgan fingerprint density at radius 2 is 0.943 bits per heavy atom. The number of thiophene rings is 1. The molecule has 0 saturated carbocycles. The lowest BCUT2D eigenvalue weighted by atomic mass is 9.50. The summed E-state index contributed by atoms with van der Waals surface area (Å²) >= 11 is 1.96. The van der Waals surface area contributed by atoms with Crippen molar-refractivity contribution in [1.82, 2.24) is 4.48 Å². The summed E-state index contributed by atoms with van der Waals surface area (Å²) in [6.45, 7) is 13.8. The van der Waals surface area contributed by atoms with Gasteiger partial charge in [0.1, 0.15) is 17.0 Å². The van der Waals surface area contributed by atoms with Crippen LogP contribution in [0.3, 0.4) is 0 Å². The second kappa shape index (κ2) is 15.9. The third-order valence-electron chi connectivity index (χ3n) is 14.5. The van der Waals surface area contributed by atoms with E-state index in [9.17, 15) is 0 Å². The van der Waals surface area contributed by atoms with Crippen LogP contribution in [-0.2, 0) is 10.8 Å². The molecule has 11 aromatic rings. The minimum atomic E-state index is -0.0762. The Morgan fingerprint density at radius 3 is 1.57 bits per heavy atom. The van der Waals surface area contributed by atoms with Crippen LogP contribution in [0, 0.1) is 0 Å². The molecule has 0 N–H and O–H groups in total. The number of rotatable bonds is 6. The number of nitrogens with zero attached hydrogens (tertiary/aromatic N) is 3. The summed E-state index contributed by atoms with van der Waals surface area (Å²) in [6, 6.07) is 73.8. The molecule has 5 heterocycles. The highest BCUT2D eigenvalue weighted by atomic mass is 32.1. The van der Waals surface area contributed by atoms with Crippen molar-refractivity contribution < 1.29 is 4.42 Å². The average Bonchev–Trinajstić information content (AvgIpc) is 4.13. The first-order chi connectivity index (χ1) is 33.9. The Kier molecular flexibility index (Phi) is 9.60. The maximum absolute atomic E-state index is 6.39. The van der Waals surface area contributed by atoms with Gasteiger partial charge in [-0.1, -0.05) is 175 Å². The van der Waals surface area contributed by atoms with Crippen LogP contribution < -0.4 is 20.0 Å². The number of aromatic nitrogens is 1. The Hall–Kier alpha value is -7.80. The van der Waals surface area contributed by atoms with Gasteiger partial charge >= 0.3 is 6.85 Å². The molecule has 2 aliphatic heterocycles. The molecule has 0 saturated heterocycles. The standard InChI is InChI=1S/C64H52BN3OS/c1-63(2,3)49-28-21-45(22-29-49)48-38-60-66(40-48)65-61-54(67(56-39-59(64(4,5)6)70-62(56)65)50-30-23-43(24-31-50)41-15-9-7-10-16-41)36-47(46-27-34-58-53(35-46)52-19-13-14-20-57(52)69-58)37-55(61)68(60)51-32-25-44(26-33-51)42-17-11-8-12-18-42/h7-40H,1-6H3. The van der Waals surface area contributed by atoms with Crippen molar-refractivity contribution >= 4 is 84.6 Å². The third kappa shape index (κ3) is 6.95. The molecule has 4 nitrogen and oxygen atoms in total. The summed E-state index contributed by atoms with van der Waals surface area (Å²) in [7, 11) is 0. The minimum absolute atomic E-state index is 0.0580. The van der Waals surface area contributed by atoms with Crippen molar-refractivity contribution in [1.29, 1.82) is 0 Å². The van der Waals surface area contributed by atoms with Gasteiger partial charge in [0.2, 0.25) is 0 Å². The van der Waals surface area contributed by atoms with Crippen LogP contribution in [0.4, 0.5) is 34.3 Å². The summed E-state index contributed by atoms with van der Waals surface area (Å²) in [5.74, 6) is 1.14. The van der Waals surface area contributed by atoms with E-state index in [2.05, 4.69) is 256 Å². The first kappa shape index (κ1) is 42.3. The normalized spacial score (nSPS) is 13.2. The molecule has 70 heavy (non-hydrogen) atoms. The zero-order chi connectivity index (χ0) is 47.5. The molecule has 0 atom stereocenters. The van der Waals surface area contributed by atoms with Gasteiger partial charge in [-0.2, -0.15) is 0 Å². The highest BCUT2D eigenvalue weighted by Crippen LogP contribution is 2.50. The van der Waals surface area contributed by atoms with Crippen LogP contribution in [0.2, 0.25) is 0 Å². The van der Waals surface area contributed by atoms with Gasteiger partial charge in [0.05, 0.1) is 5.69 Å².